The summed E-state index contributed by atoms with van der Waals surface area (Å²) in [6.07, 6.45) is 12.1. The molecule has 0 radical (unpaired) electrons. The lowest BCUT2D eigenvalue weighted by Crippen LogP contribution is -2.40. The Morgan fingerprint density at radius 2 is 1.33 bits per heavy atom. The summed E-state index contributed by atoms with van der Waals surface area (Å²) in [5, 5.41) is 0. The molecule has 2 rings (SSSR count). The molecule has 0 saturated carbocycles. The van der Waals surface area contributed by atoms with Crippen LogP contribution in [-0.2, 0) is 14.3 Å². The van der Waals surface area contributed by atoms with Gasteiger partial charge in [0.25, 0.3) is 0 Å². The van der Waals surface area contributed by atoms with Crippen molar-refractivity contribution in [3.8, 4) is 0 Å². The maximum atomic E-state index is 12.3. The molecule has 168 valence electrons. The molecule has 2 atom stereocenters. The Hall–Kier alpha value is -1.14. The van der Waals surface area contributed by atoms with Crippen LogP contribution in [0, 0.1) is 0 Å². The maximum Gasteiger partial charge on any atom is 0.338 e. The van der Waals surface area contributed by atoms with E-state index in [0.717, 1.165) is 12.8 Å². The Morgan fingerprint density at radius 1 is 0.800 bits per heavy atom. The molecule has 4 nitrogen and oxygen atoms in total. The molecule has 0 bridgehead atoms. The molecule has 1 fully saturated rings. The van der Waals surface area contributed by atoms with Gasteiger partial charge in [-0.25, -0.2) is 4.79 Å². The highest BCUT2D eigenvalue weighted by Crippen LogP contribution is 2.33. The van der Waals surface area contributed by atoms with E-state index in [-0.39, 0.29) is 24.1 Å². The van der Waals surface area contributed by atoms with Gasteiger partial charge in [-0.05, 0) is 18.6 Å². The molecule has 0 spiro atoms. The Kier molecular flexibility index (Phi) is 13.1. The van der Waals surface area contributed by atoms with Gasteiger partial charge in [-0.1, -0.05) is 104 Å². The number of rotatable bonds is 14. The minimum absolute atomic E-state index is 0.173. The first-order chi connectivity index (χ1) is 14.7. The summed E-state index contributed by atoms with van der Waals surface area (Å²) < 4.78 is 11.3. The Balaban J connectivity index is 1.60. The summed E-state index contributed by atoms with van der Waals surface area (Å²) in [6, 6.07) is 8.96. The van der Waals surface area contributed by atoms with Crippen LogP contribution >= 0.6 is 21.6 Å². The van der Waals surface area contributed by atoms with E-state index in [4.69, 9.17) is 9.47 Å². The predicted octanol–water partition coefficient (Wildman–Crippen LogP) is 6.83. The number of hydrogen-bond donors (Lipinski definition) is 0. The zero-order valence-electron chi connectivity index (χ0n) is 18.2. The molecule has 0 amide bonds. The molecule has 0 aromatic heterocycles. The predicted molar refractivity (Wildman–Crippen MR) is 127 cm³/mol. The first-order valence-corrected chi connectivity index (χ1v) is 13.9. The van der Waals surface area contributed by atoms with Crippen molar-refractivity contribution < 1.29 is 19.1 Å². The highest BCUT2D eigenvalue weighted by molar-refractivity contribution is 8.76. The van der Waals surface area contributed by atoms with E-state index in [2.05, 4.69) is 6.92 Å². The van der Waals surface area contributed by atoms with Gasteiger partial charge in [0.2, 0.25) is 0 Å². The third-order valence-electron chi connectivity index (χ3n) is 5.25. The second-order valence-electron chi connectivity index (χ2n) is 7.84. The first kappa shape index (κ1) is 25.1. The van der Waals surface area contributed by atoms with Crippen molar-refractivity contribution >= 4 is 33.5 Å². The van der Waals surface area contributed by atoms with Gasteiger partial charge >= 0.3 is 11.9 Å². The fraction of sp³-hybridized carbons (Fsp3) is 0.667. The van der Waals surface area contributed by atoms with E-state index in [1.54, 1.807) is 33.7 Å². The molecule has 6 heteroatoms. The second-order valence-corrected chi connectivity index (χ2v) is 10.4. The highest BCUT2D eigenvalue weighted by Gasteiger charge is 2.32. The Morgan fingerprint density at radius 3 is 1.93 bits per heavy atom. The highest BCUT2D eigenvalue weighted by atomic mass is 33.1. The molecular weight excluding hydrogens is 416 g/mol. The van der Waals surface area contributed by atoms with E-state index >= 15 is 0 Å². The van der Waals surface area contributed by atoms with Gasteiger partial charge in [0.05, 0.1) is 5.56 Å². The number of benzene rings is 1. The summed E-state index contributed by atoms with van der Waals surface area (Å²) in [5.41, 5.74) is 0.524. The fourth-order valence-corrected chi connectivity index (χ4v) is 5.84. The lowest BCUT2D eigenvalue weighted by Gasteiger charge is -2.29. The molecule has 0 aliphatic carbocycles. The van der Waals surface area contributed by atoms with Crippen molar-refractivity contribution in [1.29, 1.82) is 0 Å². The zero-order valence-corrected chi connectivity index (χ0v) is 19.8. The summed E-state index contributed by atoms with van der Waals surface area (Å²) in [4.78, 5) is 24.6. The fourth-order valence-electron chi connectivity index (χ4n) is 3.43. The Bertz CT molecular complexity index is 608. The summed E-state index contributed by atoms with van der Waals surface area (Å²) in [7, 11) is 3.32. The van der Waals surface area contributed by atoms with Gasteiger partial charge < -0.3 is 9.47 Å². The van der Waals surface area contributed by atoms with E-state index in [0.29, 0.717) is 23.5 Å². The van der Waals surface area contributed by atoms with Crippen LogP contribution < -0.4 is 0 Å². The zero-order chi connectivity index (χ0) is 21.4. The van der Waals surface area contributed by atoms with Crippen molar-refractivity contribution in [2.45, 2.75) is 89.8 Å². The number of ether oxygens (including phenoxy) is 2. The molecule has 1 aromatic rings. The lowest BCUT2D eigenvalue weighted by atomic mass is 10.1. The smallest absolute Gasteiger partial charge is 0.338 e. The van der Waals surface area contributed by atoms with Gasteiger partial charge in [0.15, 0.2) is 0 Å². The van der Waals surface area contributed by atoms with E-state index in [9.17, 15) is 9.59 Å². The number of carbonyl (C=O) groups excluding carboxylic acids is 2. The lowest BCUT2D eigenvalue weighted by molar-refractivity contribution is -0.153. The molecule has 1 aromatic carbocycles. The maximum absolute atomic E-state index is 12.3. The standard InChI is InChI=1S/C24H36O4S2/c1-2-3-4-5-6-7-8-9-10-14-17-23(25)27-21-18-29-30-19-22(21)28-24(26)20-15-12-11-13-16-20/h11-13,15-16,21-22H,2-10,14,17-19H2,1H3/t21-,22-/m0/s1. The van der Waals surface area contributed by atoms with Gasteiger partial charge in [-0.3, -0.25) is 4.79 Å². The minimum atomic E-state index is -0.388. The number of hydrogen-bond acceptors (Lipinski definition) is 6. The Labute approximate surface area is 189 Å². The molecule has 1 aliphatic heterocycles. The largest absolute Gasteiger partial charge is 0.457 e. The topological polar surface area (TPSA) is 52.6 Å². The molecule has 1 saturated heterocycles. The van der Waals surface area contributed by atoms with Gasteiger partial charge in [0, 0.05) is 17.9 Å². The molecule has 0 N–H and O–H groups in total. The van der Waals surface area contributed by atoms with E-state index < -0.39 is 0 Å². The molecular formula is C24H36O4S2. The van der Waals surface area contributed by atoms with Crippen LogP contribution in [0.15, 0.2) is 30.3 Å². The molecule has 1 aliphatic rings. The SMILES string of the molecule is CCCCCCCCCCCCC(=O)O[C@H]1CSSC[C@@H]1OC(=O)c1ccccc1. The second kappa shape index (κ2) is 15.6. The van der Waals surface area contributed by atoms with Crippen LogP contribution in [-0.4, -0.2) is 35.7 Å². The average Bonchev–Trinajstić information content (AvgIpc) is 2.77. The number of esters is 2. The number of unbranched alkanes of at least 4 members (excludes halogenated alkanes) is 9. The summed E-state index contributed by atoms with van der Waals surface area (Å²) in [6.45, 7) is 2.24. The van der Waals surface area contributed by atoms with E-state index in [1.807, 2.05) is 18.2 Å². The van der Waals surface area contributed by atoms with Crippen LogP contribution in [0.3, 0.4) is 0 Å². The first-order valence-electron chi connectivity index (χ1n) is 11.4. The van der Waals surface area contributed by atoms with Crippen LogP contribution in [0.2, 0.25) is 0 Å². The van der Waals surface area contributed by atoms with Gasteiger partial charge in [-0.2, -0.15) is 0 Å². The van der Waals surface area contributed by atoms with Gasteiger partial charge in [-0.15, -0.1) is 0 Å². The van der Waals surface area contributed by atoms with Crippen LogP contribution in [0.25, 0.3) is 0 Å². The van der Waals surface area contributed by atoms with Crippen LogP contribution in [0.5, 0.6) is 0 Å². The summed E-state index contributed by atoms with van der Waals surface area (Å²) >= 11 is 0. The molecule has 1 heterocycles. The number of carbonyl (C=O) groups is 2. The van der Waals surface area contributed by atoms with Gasteiger partial charge in [0.1, 0.15) is 12.2 Å². The quantitative estimate of drug-likeness (QED) is 0.175. The third-order valence-corrected chi connectivity index (χ3v) is 7.66. The van der Waals surface area contributed by atoms with Crippen molar-refractivity contribution in [1.82, 2.24) is 0 Å². The van der Waals surface area contributed by atoms with Crippen LogP contribution in [0.1, 0.15) is 87.9 Å². The van der Waals surface area contributed by atoms with Crippen molar-refractivity contribution in [3.05, 3.63) is 35.9 Å². The van der Waals surface area contributed by atoms with Crippen molar-refractivity contribution in [3.63, 3.8) is 0 Å². The minimum Gasteiger partial charge on any atom is -0.457 e. The molecule has 30 heavy (non-hydrogen) atoms. The van der Waals surface area contributed by atoms with E-state index in [1.165, 1.54) is 51.4 Å². The van der Waals surface area contributed by atoms with Crippen LogP contribution in [0.4, 0.5) is 0 Å². The van der Waals surface area contributed by atoms with Crippen molar-refractivity contribution in [2.24, 2.45) is 0 Å². The molecule has 0 unspecified atom stereocenters. The summed E-state index contributed by atoms with van der Waals surface area (Å²) in [5.74, 6) is 0.761. The monoisotopic (exact) mass is 452 g/mol. The third kappa shape index (κ3) is 10.3. The normalized spacial score (nSPS) is 18.7. The van der Waals surface area contributed by atoms with Crippen molar-refractivity contribution in [2.75, 3.05) is 11.5 Å². The average molecular weight is 453 g/mol.